The topological polar surface area (TPSA) is 0 Å². The summed E-state index contributed by atoms with van der Waals surface area (Å²) < 4.78 is 0. The minimum atomic E-state index is 1.05. The average molecular weight is 539 g/mol. The molecule has 0 unspecified atom stereocenters. The van der Waals surface area contributed by atoms with Gasteiger partial charge < -0.3 is 0 Å². The molecule has 0 fully saturated rings. The van der Waals surface area contributed by atoms with Gasteiger partial charge in [-0.1, -0.05) is 123 Å². The van der Waals surface area contributed by atoms with Gasteiger partial charge in [-0.05, 0) is 126 Å². The van der Waals surface area contributed by atoms with Crippen LogP contribution in [0.2, 0.25) is 0 Å². The first-order valence-corrected chi connectivity index (χ1v) is 15.0. The van der Waals surface area contributed by atoms with Crippen molar-refractivity contribution in [1.29, 1.82) is 0 Å². The van der Waals surface area contributed by atoms with Crippen molar-refractivity contribution in [3.8, 4) is 44.5 Å². The summed E-state index contributed by atoms with van der Waals surface area (Å²) in [5.74, 6) is 0. The Balaban J connectivity index is 1.52. The second-order valence-electron chi connectivity index (χ2n) is 11.2. The summed E-state index contributed by atoms with van der Waals surface area (Å²) in [7, 11) is 0. The van der Waals surface area contributed by atoms with Crippen molar-refractivity contribution in [3.63, 3.8) is 0 Å². The maximum absolute atomic E-state index is 2.41. The van der Waals surface area contributed by atoms with E-state index >= 15 is 0 Å². The highest BCUT2D eigenvalue weighted by Gasteiger charge is 2.14. The van der Waals surface area contributed by atoms with E-state index in [1.807, 2.05) is 0 Å². The van der Waals surface area contributed by atoms with Gasteiger partial charge in [-0.3, -0.25) is 0 Å². The molecule has 0 saturated heterocycles. The first kappa shape index (κ1) is 26.0. The number of rotatable bonds is 6. The zero-order chi connectivity index (χ0) is 28.5. The Morgan fingerprint density at radius 2 is 0.714 bits per heavy atom. The predicted octanol–water partition coefficient (Wildman–Crippen LogP) is 11.8. The molecule has 7 aromatic carbocycles. The number of hydrogen-bond donors (Lipinski definition) is 0. The standard InChI is InChI=1S/C42H34/c1-3-29-15-19-31(20-16-29)35-23-37-27-42-38(28-41(37)39(25-35)33-11-7-5-8-12-33)24-36(32-21-17-30(4-2)18-22-32)26-40(42)34-13-9-6-10-14-34/h5-28H,3-4H2,1-2H3. The first-order valence-electron chi connectivity index (χ1n) is 15.0. The number of hydrogen-bond acceptors (Lipinski definition) is 0. The zero-order valence-corrected chi connectivity index (χ0v) is 24.3. The van der Waals surface area contributed by atoms with Crippen LogP contribution in [0.15, 0.2) is 146 Å². The third kappa shape index (κ3) is 4.91. The van der Waals surface area contributed by atoms with E-state index in [1.165, 1.54) is 77.2 Å². The van der Waals surface area contributed by atoms with Crippen molar-refractivity contribution in [2.24, 2.45) is 0 Å². The summed E-state index contributed by atoms with van der Waals surface area (Å²) in [6.45, 7) is 4.42. The van der Waals surface area contributed by atoms with Gasteiger partial charge in [0.15, 0.2) is 0 Å². The first-order chi connectivity index (χ1) is 20.7. The molecule has 0 amide bonds. The zero-order valence-electron chi connectivity index (χ0n) is 24.3. The van der Waals surface area contributed by atoms with Gasteiger partial charge in [-0.25, -0.2) is 0 Å². The summed E-state index contributed by atoms with van der Waals surface area (Å²) >= 11 is 0. The molecule has 0 aliphatic carbocycles. The van der Waals surface area contributed by atoms with E-state index in [2.05, 4.69) is 159 Å². The highest BCUT2D eigenvalue weighted by atomic mass is 14.2. The lowest BCUT2D eigenvalue weighted by Gasteiger charge is -2.16. The molecule has 0 atom stereocenters. The molecule has 0 saturated carbocycles. The van der Waals surface area contributed by atoms with E-state index in [4.69, 9.17) is 0 Å². The van der Waals surface area contributed by atoms with Crippen LogP contribution in [-0.4, -0.2) is 0 Å². The minimum absolute atomic E-state index is 1.05. The van der Waals surface area contributed by atoms with Gasteiger partial charge in [0.2, 0.25) is 0 Å². The van der Waals surface area contributed by atoms with Crippen LogP contribution in [0.25, 0.3) is 66.1 Å². The molecule has 0 radical (unpaired) electrons. The molecule has 0 heteroatoms. The van der Waals surface area contributed by atoms with Crippen molar-refractivity contribution >= 4 is 21.5 Å². The molecule has 0 N–H and O–H groups in total. The van der Waals surface area contributed by atoms with Crippen molar-refractivity contribution in [2.45, 2.75) is 26.7 Å². The van der Waals surface area contributed by atoms with E-state index < -0.39 is 0 Å². The second kappa shape index (κ2) is 11.1. The maximum Gasteiger partial charge on any atom is -0.00986 e. The Labute approximate surface area is 248 Å². The summed E-state index contributed by atoms with van der Waals surface area (Å²) in [5, 5.41) is 5.08. The maximum atomic E-state index is 2.41. The highest BCUT2D eigenvalue weighted by molar-refractivity contribution is 6.11. The van der Waals surface area contributed by atoms with Crippen LogP contribution in [0.1, 0.15) is 25.0 Å². The molecule has 42 heavy (non-hydrogen) atoms. The van der Waals surface area contributed by atoms with Crippen LogP contribution >= 0.6 is 0 Å². The molecule has 0 aliphatic rings. The molecular formula is C42H34. The third-order valence-electron chi connectivity index (χ3n) is 8.58. The Morgan fingerprint density at radius 1 is 0.333 bits per heavy atom. The van der Waals surface area contributed by atoms with Crippen LogP contribution in [0.3, 0.4) is 0 Å². The lowest BCUT2D eigenvalue weighted by atomic mass is 9.88. The van der Waals surface area contributed by atoms with Crippen LogP contribution in [0, 0.1) is 0 Å². The quantitative estimate of drug-likeness (QED) is 0.185. The van der Waals surface area contributed by atoms with E-state index in [0.29, 0.717) is 0 Å². The van der Waals surface area contributed by atoms with Gasteiger partial charge in [-0.2, -0.15) is 0 Å². The highest BCUT2D eigenvalue weighted by Crippen LogP contribution is 2.40. The van der Waals surface area contributed by atoms with E-state index in [-0.39, 0.29) is 0 Å². The smallest absolute Gasteiger partial charge is 0.00986 e. The Kier molecular flexibility index (Phi) is 6.90. The lowest BCUT2D eigenvalue weighted by molar-refractivity contribution is 1.14. The van der Waals surface area contributed by atoms with E-state index in [0.717, 1.165) is 12.8 Å². The molecule has 0 aromatic heterocycles. The van der Waals surface area contributed by atoms with Gasteiger partial charge in [0.1, 0.15) is 0 Å². The summed E-state index contributed by atoms with van der Waals surface area (Å²) in [5.41, 5.74) is 12.7. The average Bonchev–Trinajstić information content (AvgIpc) is 3.07. The Hall–Kier alpha value is -4.94. The molecule has 0 aliphatic heterocycles. The van der Waals surface area contributed by atoms with Crippen molar-refractivity contribution in [3.05, 3.63) is 157 Å². The number of benzene rings is 7. The molecule has 0 nitrogen and oxygen atoms in total. The molecule has 0 bridgehead atoms. The van der Waals surface area contributed by atoms with Gasteiger partial charge in [0, 0.05) is 0 Å². The fourth-order valence-corrected chi connectivity index (χ4v) is 6.14. The van der Waals surface area contributed by atoms with E-state index in [1.54, 1.807) is 0 Å². The monoisotopic (exact) mass is 538 g/mol. The Bertz CT molecular complexity index is 1850. The number of aryl methyl sites for hydroxylation is 2. The number of fused-ring (bicyclic) bond motifs is 2. The van der Waals surface area contributed by atoms with Crippen molar-refractivity contribution < 1.29 is 0 Å². The van der Waals surface area contributed by atoms with Crippen molar-refractivity contribution in [1.82, 2.24) is 0 Å². The molecule has 7 rings (SSSR count). The Morgan fingerprint density at radius 3 is 1.07 bits per heavy atom. The predicted molar refractivity (Wildman–Crippen MR) is 182 cm³/mol. The van der Waals surface area contributed by atoms with Crippen LogP contribution in [-0.2, 0) is 12.8 Å². The SMILES string of the molecule is CCc1ccc(-c2cc(-c3ccccc3)c3cc4cc(-c5ccc(CC)cc5)cc(-c5ccccc5)c4cc3c2)cc1. The molecule has 0 heterocycles. The van der Waals surface area contributed by atoms with Gasteiger partial charge in [0.05, 0.1) is 0 Å². The fourth-order valence-electron chi connectivity index (χ4n) is 6.14. The summed E-state index contributed by atoms with van der Waals surface area (Å²) in [4.78, 5) is 0. The molecule has 0 spiro atoms. The van der Waals surface area contributed by atoms with Crippen LogP contribution in [0.5, 0.6) is 0 Å². The van der Waals surface area contributed by atoms with Crippen LogP contribution in [0.4, 0.5) is 0 Å². The lowest BCUT2D eigenvalue weighted by Crippen LogP contribution is -1.90. The van der Waals surface area contributed by atoms with Crippen LogP contribution < -0.4 is 0 Å². The van der Waals surface area contributed by atoms with Gasteiger partial charge in [-0.15, -0.1) is 0 Å². The molecular weight excluding hydrogens is 504 g/mol. The molecule has 202 valence electrons. The molecule has 7 aromatic rings. The van der Waals surface area contributed by atoms with Crippen molar-refractivity contribution in [2.75, 3.05) is 0 Å². The van der Waals surface area contributed by atoms with E-state index in [9.17, 15) is 0 Å². The summed E-state index contributed by atoms with van der Waals surface area (Å²) in [6.07, 6.45) is 2.10. The van der Waals surface area contributed by atoms with Gasteiger partial charge in [0.25, 0.3) is 0 Å². The summed E-state index contributed by atoms with van der Waals surface area (Å²) in [6, 6.07) is 54.0. The largest absolute Gasteiger partial charge is 0.0622 e. The normalized spacial score (nSPS) is 11.3. The minimum Gasteiger partial charge on any atom is -0.0622 e. The van der Waals surface area contributed by atoms with Gasteiger partial charge >= 0.3 is 0 Å². The second-order valence-corrected chi connectivity index (χ2v) is 11.2. The fraction of sp³-hybridized carbons (Fsp3) is 0.0952. The third-order valence-corrected chi connectivity index (χ3v) is 8.58.